The first-order chi connectivity index (χ1) is 13.0. The zero-order chi connectivity index (χ0) is 18.9. The first kappa shape index (κ1) is 17.7. The molecule has 27 heavy (non-hydrogen) atoms. The number of alkyl halides is 3. The second kappa shape index (κ2) is 7.10. The lowest BCUT2D eigenvalue weighted by molar-refractivity contribution is -0.137. The van der Waals surface area contributed by atoms with Crippen molar-refractivity contribution >= 4 is 0 Å². The Hall–Kier alpha value is -2.75. The van der Waals surface area contributed by atoms with Gasteiger partial charge >= 0.3 is 6.18 Å². The summed E-state index contributed by atoms with van der Waals surface area (Å²) in [4.78, 5) is 0. The lowest BCUT2D eigenvalue weighted by Gasteiger charge is -2.25. The van der Waals surface area contributed by atoms with Crippen molar-refractivity contribution in [3.05, 3.63) is 47.4 Å². The second-order valence-electron chi connectivity index (χ2n) is 6.57. The number of halogens is 3. The summed E-state index contributed by atoms with van der Waals surface area (Å²) in [5.74, 6) is 0.777. The molecule has 2 aromatic heterocycles. The molecule has 3 aromatic rings. The van der Waals surface area contributed by atoms with Crippen molar-refractivity contribution in [2.24, 2.45) is 0 Å². The Morgan fingerprint density at radius 1 is 1.15 bits per heavy atom. The number of nitrogens with one attached hydrogen (secondary N) is 2. The predicted octanol–water partition coefficient (Wildman–Crippen LogP) is 3.10. The molecule has 1 aliphatic rings. The molecule has 0 amide bonds. The van der Waals surface area contributed by atoms with E-state index in [4.69, 9.17) is 0 Å². The van der Waals surface area contributed by atoms with Gasteiger partial charge in [0.1, 0.15) is 0 Å². The van der Waals surface area contributed by atoms with Crippen LogP contribution in [0.3, 0.4) is 0 Å². The van der Waals surface area contributed by atoms with E-state index in [1.165, 1.54) is 18.6 Å². The van der Waals surface area contributed by atoms with Crippen LogP contribution in [0.25, 0.3) is 11.3 Å². The van der Waals surface area contributed by atoms with Gasteiger partial charge in [0, 0.05) is 12.1 Å². The van der Waals surface area contributed by atoms with Crippen LogP contribution in [0.2, 0.25) is 0 Å². The van der Waals surface area contributed by atoms with Gasteiger partial charge in [-0.2, -0.15) is 18.3 Å². The van der Waals surface area contributed by atoms with E-state index >= 15 is 0 Å². The molecule has 7 nitrogen and oxygen atoms in total. The third-order valence-electron chi connectivity index (χ3n) is 4.80. The molecule has 0 bridgehead atoms. The van der Waals surface area contributed by atoms with Crippen LogP contribution in [0.5, 0.6) is 0 Å². The third kappa shape index (κ3) is 3.70. The molecule has 0 saturated heterocycles. The van der Waals surface area contributed by atoms with E-state index in [0.717, 1.165) is 36.4 Å². The van der Waals surface area contributed by atoms with Crippen LogP contribution in [0.1, 0.15) is 42.3 Å². The van der Waals surface area contributed by atoms with Crippen LogP contribution in [-0.4, -0.2) is 30.4 Å². The lowest BCUT2D eigenvalue weighted by Crippen LogP contribution is -2.24. The van der Waals surface area contributed by atoms with E-state index in [1.807, 2.05) is 4.68 Å². The highest BCUT2D eigenvalue weighted by Gasteiger charge is 2.30. The first-order valence-electron chi connectivity index (χ1n) is 8.69. The van der Waals surface area contributed by atoms with E-state index < -0.39 is 11.7 Å². The van der Waals surface area contributed by atoms with Crippen LogP contribution in [0.15, 0.2) is 30.5 Å². The van der Waals surface area contributed by atoms with Gasteiger partial charge in [-0.05, 0) is 47.4 Å². The van der Waals surface area contributed by atoms with Crippen molar-refractivity contribution in [3.8, 4) is 11.3 Å². The number of rotatable bonds is 6. The molecule has 0 aliphatic heterocycles. The van der Waals surface area contributed by atoms with Crippen molar-refractivity contribution in [1.29, 1.82) is 0 Å². The van der Waals surface area contributed by atoms with Crippen molar-refractivity contribution < 1.29 is 13.2 Å². The SMILES string of the molecule is FC(F)(F)c1ccc(-c2[nH]ncc2CNCc2nnnn2C2CCC2)cc1. The van der Waals surface area contributed by atoms with Gasteiger partial charge in [0.05, 0.1) is 30.0 Å². The highest BCUT2D eigenvalue weighted by atomic mass is 19.4. The molecule has 1 aliphatic carbocycles. The molecule has 1 aromatic carbocycles. The molecule has 1 fully saturated rings. The van der Waals surface area contributed by atoms with Crippen molar-refractivity contribution in [3.63, 3.8) is 0 Å². The van der Waals surface area contributed by atoms with Gasteiger partial charge in [0.15, 0.2) is 5.82 Å². The summed E-state index contributed by atoms with van der Waals surface area (Å²) in [6, 6.07) is 5.40. The number of hydrogen-bond acceptors (Lipinski definition) is 5. The van der Waals surface area contributed by atoms with E-state index in [9.17, 15) is 13.2 Å². The maximum absolute atomic E-state index is 12.7. The summed E-state index contributed by atoms with van der Waals surface area (Å²) < 4.78 is 40.0. The normalized spacial score (nSPS) is 15.1. The van der Waals surface area contributed by atoms with E-state index in [1.54, 1.807) is 6.20 Å². The number of nitrogens with zero attached hydrogens (tertiary/aromatic N) is 5. The van der Waals surface area contributed by atoms with E-state index in [-0.39, 0.29) is 0 Å². The zero-order valence-corrected chi connectivity index (χ0v) is 14.4. The van der Waals surface area contributed by atoms with Crippen molar-refractivity contribution in [1.82, 2.24) is 35.7 Å². The van der Waals surface area contributed by atoms with Gasteiger partial charge in [0.25, 0.3) is 0 Å². The molecular formula is C17H18F3N7. The van der Waals surface area contributed by atoms with Crippen LogP contribution in [0, 0.1) is 0 Å². The predicted molar refractivity (Wildman–Crippen MR) is 90.3 cm³/mol. The van der Waals surface area contributed by atoms with Gasteiger partial charge in [-0.25, -0.2) is 4.68 Å². The fraction of sp³-hybridized carbons (Fsp3) is 0.412. The fourth-order valence-corrected chi connectivity index (χ4v) is 3.07. The maximum atomic E-state index is 12.7. The highest BCUT2D eigenvalue weighted by molar-refractivity contribution is 5.63. The summed E-state index contributed by atoms with van der Waals surface area (Å²) in [6.45, 7) is 0.992. The van der Waals surface area contributed by atoms with Crippen LogP contribution in [-0.2, 0) is 19.3 Å². The minimum absolute atomic E-state index is 0.383. The van der Waals surface area contributed by atoms with Gasteiger partial charge in [-0.1, -0.05) is 12.1 Å². The Kier molecular flexibility index (Phi) is 4.65. The summed E-state index contributed by atoms with van der Waals surface area (Å²) in [5.41, 5.74) is 1.53. The first-order valence-corrected chi connectivity index (χ1v) is 8.69. The van der Waals surface area contributed by atoms with Crippen molar-refractivity contribution in [2.45, 2.75) is 44.6 Å². The molecule has 2 N–H and O–H groups in total. The van der Waals surface area contributed by atoms with E-state index in [2.05, 4.69) is 31.0 Å². The van der Waals surface area contributed by atoms with Gasteiger partial charge in [-0.3, -0.25) is 5.10 Å². The molecule has 0 radical (unpaired) electrons. The molecule has 10 heteroatoms. The van der Waals surface area contributed by atoms with Gasteiger partial charge < -0.3 is 5.32 Å². The largest absolute Gasteiger partial charge is 0.416 e. The average molecular weight is 377 g/mol. The summed E-state index contributed by atoms with van der Waals surface area (Å²) in [6.07, 6.45) is 0.703. The van der Waals surface area contributed by atoms with Crippen molar-refractivity contribution in [2.75, 3.05) is 0 Å². The van der Waals surface area contributed by atoms with Crippen LogP contribution in [0.4, 0.5) is 13.2 Å². The smallest absolute Gasteiger partial charge is 0.306 e. The maximum Gasteiger partial charge on any atom is 0.416 e. The minimum atomic E-state index is -4.35. The number of aromatic amines is 1. The standard InChI is InChI=1S/C17H18F3N7/c18-17(19,20)13-6-4-11(5-7-13)16-12(9-22-24-16)8-21-10-15-23-25-26-27(15)14-2-1-3-14/h4-7,9,14,21H,1-3,8,10H2,(H,22,24). The summed E-state index contributed by atoms with van der Waals surface area (Å²) in [7, 11) is 0. The van der Waals surface area contributed by atoms with Crippen LogP contribution >= 0.6 is 0 Å². The molecule has 1 saturated carbocycles. The number of aromatic nitrogens is 6. The molecule has 142 valence electrons. The second-order valence-corrected chi connectivity index (χ2v) is 6.57. The highest BCUT2D eigenvalue weighted by Crippen LogP contribution is 2.32. The quantitative estimate of drug-likeness (QED) is 0.690. The Bertz CT molecular complexity index is 894. The molecule has 0 spiro atoms. The molecular weight excluding hydrogens is 359 g/mol. The summed E-state index contributed by atoms with van der Waals surface area (Å²) >= 11 is 0. The molecule has 0 unspecified atom stereocenters. The third-order valence-corrected chi connectivity index (χ3v) is 4.80. The average Bonchev–Trinajstić information content (AvgIpc) is 3.23. The number of H-pyrrole nitrogens is 1. The fourth-order valence-electron chi connectivity index (χ4n) is 3.07. The zero-order valence-electron chi connectivity index (χ0n) is 14.4. The monoisotopic (exact) mass is 377 g/mol. The molecule has 4 rings (SSSR count). The summed E-state index contributed by atoms with van der Waals surface area (Å²) in [5, 5.41) is 22.0. The van der Waals surface area contributed by atoms with Gasteiger partial charge in [-0.15, -0.1) is 5.10 Å². The lowest BCUT2D eigenvalue weighted by atomic mass is 9.93. The Balaban J connectivity index is 1.41. The molecule has 0 atom stereocenters. The Morgan fingerprint density at radius 3 is 2.59 bits per heavy atom. The van der Waals surface area contributed by atoms with Crippen LogP contribution < -0.4 is 5.32 Å². The number of benzene rings is 1. The topological polar surface area (TPSA) is 84.3 Å². The number of tetrazole rings is 1. The Labute approximate surface area is 153 Å². The van der Waals surface area contributed by atoms with Gasteiger partial charge in [0.2, 0.25) is 0 Å². The molecule has 2 heterocycles. The number of hydrogen-bond donors (Lipinski definition) is 2. The van der Waals surface area contributed by atoms with E-state index in [0.29, 0.717) is 30.4 Å². The minimum Gasteiger partial charge on any atom is -0.306 e. The Morgan fingerprint density at radius 2 is 1.93 bits per heavy atom.